The van der Waals surface area contributed by atoms with Crippen LogP contribution in [0, 0.1) is 0 Å². The fourth-order valence-corrected chi connectivity index (χ4v) is 1.57. The molecule has 16 heavy (non-hydrogen) atoms. The Bertz CT molecular complexity index is 686. The number of benzene rings is 1. The van der Waals surface area contributed by atoms with Crippen LogP contribution in [-0.2, 0) is 0 Å². The van der Waals surface area contributed by atoms with Gasteiger partial charge in [0, 0.05) is 5.39 Å². The number of hydrogen-bond donors (Lipinski definition) is 1. The number of aromatic nitrogens is 3. The number of para-hydroxylation sites is 1. The van der Waals surface area contributed by atoms with Gasteiger partial charge < -0.3 is 4.42 Å². The van der Waals surface area contributed by atoms with Gasteiger partial charge in [-0.05, 0) is 12.1 Å². The van der Waals surface area contributed by atoms with Crippen LogP contribution in [0.5, 0.6) is 0 Å². The molecule has 0 atom stereocenters. The first-order valence-electron chi connectivity index (χ1n) is 4.74. The molecule has 2 heterocycles. The first-order chi connectivity index (χ1) is 7.84. The number of nitrogens with zero attached hydrogens (tertiary/aromatic N) is 2. The summed E-state index contributed by atoms with van der Waals surface area (Å²) >= 11 is 0. The molecule has 3 rings (SSSR count). The first-order valence-corrected chi connectivity index (χ1v) is 4.74. The Morgan fingerprint density at radius 2 is 2.12 bits per heavy atom. The minimum atomic E-state index is -0.410. The van der Waals surface area contributed by atoms with Crippen LogP contribution >= 0.6 is 0 Å². The third kappa shape index (κ3) is 1.30. The van der Waals surface area contributed by atoms with Crippen molar-refractivity contribution in [3.63, 3.8) is 0 Å². The minimum absolute atomic E-state index is 0.410. The molecule has 0 saturated heterocycles. The normalized spacial score (nSPS) is 10.8. The van der Waals surface area contributed by atoms with Crippen LogP contribution in [0.3, 0.4) is 0 Å². The first kappa shape index (κ1) is 8.84. The lowest BCUT2D eigenvalue weighted by atomic mass is 10.1. The van der Waals surface area contributed by atoms with Gasteiger partial charge >= 0.3 is 5.63 Å². The summed E-state index contributed by atoms with van der Waals surface area (Å²) in [5.41, 5.74) is 1.05. The molecule has 0 bridgehead atoms. The molecule has 1 N–H and O–H groups in total. The molecule has 78 valence electrons. The highest BCUT2D eigenvalue weighted by atomic mass is 16.4. The zero-order valence-corrected chi connectivity index (χ0v) is 8.18. The molecule has 5 heteroatoms. The molecule has 0 radical (unpaired) electrons. The second-order valence-electron chi connectivity index (χ2n) is 3.34. The van der Waals surface area contributed by atoms with Gasteiger partial charge in [-0.15, -0.1) is 5.10 Å². The Morgan fingerprint density at radius 1 is 1.25 bits per heavy atom. The molecule has 0 spiro atoms. The fraction of sp³-hybridized carbons (Fsp3) is 0. The number of aromatic amines is 1. The average Bonchev–Trinajstić information content (AvgIpc) is 2.81. The Morgan fingerprint density at radius 3 is 2.94 bits per heavy atom. The van der Waals surface area contributed by atoms with Crippen molar-refractivity contribution in [2.75, 3.05) is 0 Å². The van der Waals surface area contributed by atoms with E-state index in [4.69, 9.17) is 4.42 Å². The molecule has 0 amide bonds. The van der Waals surface area contributed by atoms with Gasteiger partial charge in [-0.25, -0.2) is 4.79 Å². The van der Waals surface area contributed by atoms with E-state index in [1.165, 1.54) is 0 Å². The number of rotatable bonds is 1. The summed E-state index contributed by atoms with van der Waals surface area (Å²) in [4.78, 5) is 11.7. The zero-order valence-electron chi connectivity index (χ0n) is 8.18. The van der Waals surface area contributed by atoms with E-state index >= 15 is 0 Å². The van der Waals surface area contributed by atoms with Gasteiger partial charge in [-0.2, -0.15) is 0 Å². The molecule has 0 fully saturated rings. The number of nitrogens with one attached hydrogen (secondary N) is 1. The Balaban J connectivity index is 2.34. The maximum atomic E-state index is 11.7. The summed E-state index contributed by atoms with van der Waals surface area (Å²) in [6.45, 7) is 0. The van der Waals surface area contributed by atoms with Crippen LogP contribution in [0.4, 0.5) is 0 Å². The highest BCUT2D eigenvalue weighted by Gasteiger charge is 2.09. The number of H-pyrrole nitrogens is 1. The summed E-state index contributed by atoms with van der Waals surface area (Å²) in [6, 6.07) is 9.08. The van der Waals surface area contributed by atoms with Crippen molar-refractivity contribution in [2.24, 2.45) is 0 Å². The van der Waals surface area contributed by atoms with E-state index < -0.39 is 5.63 Å². The number of fused-ring (bicyclic) bond motifs is 1. The predicted molar refractivity (Wildman–Crippen MR) is 57.9 cm³/mol. The standard InChI is InChI=1S/C11H7N3O2/c15-11-8(9-6-12-14-13-9)5-7-3-1-2-4-10(7)16-11/h1-6H,(H,12,13,14). The van der Waals surface area contributed by atoms with Crippen molar-refractivity contribution >= 4 is 11.0 Å². The van der Waals surface area contributed by atoms with E-state index in [1.54, 1.807) is 18.3 Å². The molecule has 0 aliphatic carbocycles. The van der Waals surface area contributed by atoms with Gasteiger partial charge in [-0.1, -0.05) is 23.4 Å². The molecule has 0 aliphatic heterocycles. The van der Waals surface area contributed by atoms with Crippen LogP contribution in [0.25, 0.3) is 22.2 Å². The van der Waals surface area contributed by atoms with Gasteiger partial charge in [-0.3, -0.25) is 5.10 Å². The third-order valence-electron chi connectivity index (χ3n) is 2.33. The van der Waals surface area contributed by atoms with E-state index in [-0.39, 0.29) is 0 Å². The Labute approximate surface area is 89.7 Å². The van der Waals surface area contributed by atoms with Crippen molar-refractivity contribution in [3.05, 3.63) is 46.9 Å². The van der Waals surface area contributed by atoms with E-state index in [1.807, 2.05) is 18.2 Å². The second kappa shape index (κ2) is 3.30. The zero-order chi connectivity index (χ0) is 11.0. The van der Waals surface area contributed by atoms with Crippen LogP contribution in [0.1, 0.15) is 0 Å². The summed E-state index contributed by atoms with van der Waals surface area (Å²) < 4.78 is 5.18. The van der Waals surface area contributed by atoms with Gasteiger partial charge in [0.25, 0.3) is 0 Å². The number of hydrogen-bond acceptors (Lipinski definition) is 4. The summed E-state index contributed by atoms with van der Waals surface area (Å²) in [6.07, 6.45) is 1.56. The molecule has 0 unspecified atom stereocenters. The topological polar surface area (TPSA) is 71.8 Å². The van der Waals surface area contributed by atoms with Crippen LogP contribution in [0.15, 0.2) is 45.7 Å². The quantitative estimate of drug-likeness (QED) is 0.623. The lowest BCUT2D eigenvalue weighted by Gasteiger charge is -1.97. The molecular weight excluding hydrogens is 206 g/mol. The third-order valence-corrected chi connectivity index (χ3v) is 2.33. The Kier molecular flexibility index (Phi) is 1.83. The monoisotopic (exact) mass is 213 g/mol. The summed E-state index contributed by atoms with van der Waals surface area (Å²) in [5.74, 6) is 0. The van der Waals surface area contributed by atoms with Crippen molar-refractivity contribution in [1.29, 1.82) is 0 Å². The van der Waals surface area contributed by atoms with Gasteiger partial charge in [0.2, 0.25) is 0 Å². The lowest BCUT2D eigenvalue weighted by molar-refractivity contribution is 0.563. The van der Waals surface area contributed by atoms with Crippen molar-refractivity contribution in [2.45, 2.75) is 0 Å². The molecule has 5 nitrogen and oxygen atoms in total. The fourth-order valence-electron chi connectivity index (χ4n) is 1.57. The molecule has 3 aromatic rings. The molecule has 0 aliphatic rings. The molecule has 1 aromatic carbocycles. The summed E-state index contributed by atoms with van der Waals surface area (Å²) in [5, 5.41) is 10.8. The summed E-state index contributed by atoms with van der Waals surface area (Å²) in [7, 11) is 0. The highest BCUT2D eigenvalue weighted by Crippen LogP contribution is 2.17. The maximum absolute atomic E-state index is 11.7. The van der Waals surface area contributed by atoms with Crippen LogP contribution in [0.2, 0.25) is 0 Å². The maximum Gasteiger partial charge on any atom is 0.345 e. The molecular formula is C11H7N3O2. The van der Waals surface area contributed by atoms with Crippen molar-refractivity contribution in [3.8, 4) is 11.3 Å². The Hall–Kier alpha value is -2.43. The van der Waals surface area contributed by atoms with E-state index in [9.17, 15) is 4.79 Å². The van der Waals surface area contributed by atoms with E-state index in [2.05, 4.69) is 15.4 Å². The predicted octanol–water partition coefficient (Wildman–Crippen LogP) is 1.58. The second-order valence-corrected chi connectivity index (χ2v) is 3.34. The highest BCUT2D eigenvalue weighted by molar-refractivity contribution is 5.80. The lowest BCUT2D eigenvalue weighted by Crippen LogP contribution is -2.02. The van der Waals surface area contributed by atoms with Crippen LogP contribution < -0.4 is 5.63 Å². The molecule has 0 saturated carbocycles. The van der Waals surface area contributed by atoms with Gasteiger partial charge in [0.15, 0.2) is 0 Å². The van der Waals surface area contributed by atoms with Gasteiger partial charge in [0.1, 0.15) is 11.3 Å². The van der Waals surface area contributed by atoms with E-state index in [0.717, 1.165) is 5.39 Å². The van der Waals surface area contributed by atoms with Crippen molar-refractivity contribution < 1.29 is 4.42 Å². The molecule has 2 aromatic heterocycles. The largest absolute Gasteiger partial charge is 0.422 e. The smallest absolute Gasteiger partial charge is 0.345 e. The van der Waals surface area contributed by atoms with Crippen molar-refractivity contribution in [1.82, 2.24) is 15.4 Å². The minimum Gasteiger partial charge on any atom is -0.422 e. The SMILES string of the molecule is O=c1oc2ccccc2cc1-c1c[nH]nn1. The van der Waals surface area contributed by atoms with Gasteiger partial charge in [0.05, 0.1) is 11.8 Å². The average molecular weight is 213 g/mol. The van der Waals surface area contributed by atoms with Crippen LogP contribution in [-0.4, -0.2) is 15.4 Å². The van der Waals surface area contributed by atoms with E-state index in [0.29, 0.717) is 16.8 Å².